The first-order valence-electron chi connectivity index (χ1n) is 5.99. The van der Waals surface area contributed by atoms with Gasteiger partial charge in [-0.1, -0.05) is 11.6 Å². The van der Waals surface area contributed by atoms with E-state index in [1.54, 1.807) is 6.92 Å². The Labute approximate surface area is 129 Å². The topological polar surface area (TPSA) is 114 Å². The van der Waals surface area contributed by atoms with Gasteiger partial charge in [-0.05, 0) is 25.1 Å². The minimum atomic E-state index is -0.835. The quantitative estimate of drug-likeness (QED) is 0.664. The van der Waals surface area contributed by atoms with Crippen LogP contribution in [0, 0.1) is 17.0 Å². The lowest BCUT2D eigenvalue weighted by atomic mass is 10.1. The SMILES string of the molecule is Cc1occc1C(=O)NNC(=O)c1ccc(Cl)cc1[N+](=O)[O-]. The van der Waals surface area contributed by atoms with E-state index in [0.717, 1.165) is 6.07 Å². The predicted molar refractivity (Wildman–Crippen MR) is 76.5 cm³/mol. The molecule has 0 spiro atoms. The number of carbonyl (C=O) groups excluding carboxylic acids is 2. The maximum Gasteiger partial charge on any atom is 0.283 e. The van der Waals surface area contributed by atoms with Crippen LogP contribution in [0.2, 0.25) is 5.02 Å². The van der Waals surface area contributed by atoms with Gasteiger partial charge < -0.3 is 4.42 Å². The smallest absolute Gasteiger partial charge is 0.283 e. The number of nitro benzene ring substituents is 1. The molecular weight excluding hydrogens is 314 g/mol. The van der Waals surface area contributed by atoms with Gasteiger partial charge in [0.1, 0.15) is 11.3 Å². The highest BCUT2D eigenvalue weighted by atomic mass is 35.5. The number of halogens is 1. The minimum absolute atomic E-state index is 0.126. The maximum absolute atomic E-state index is 11.9. The van der Waals surface area contributed by atoms with Gasteiger partial charge in [-0.2, -0.15) is 0 Å². The van der Waals surface area contributed by atoms with Crippen LogP contribution < -0.4 is 10.9 Å². The zero-order valence-corrected chi connectivity index (χ0v) is 12.0. The summed E-state index contributed by atoms with van der Waals surface area (Å²) < 4.78 is 4.96. The molecule has 0 unspecified atom stereocenters. The van der Waals surface area contributed by atoms with Gasteiger partial charge in [-0.25, -0.2) is 0 Å². The molecule has 0 saturated heterocycles. The monoisotopic (exact) mass is 323 g/mol. The van der Waals surface area contributed by atoms with Crippen LogP contribution in [0.25, 0.3) is 0 Å². The van der Waals surface area contributed by atoms with Gasteiger partial charge in [0, 0.05) is 11.1 Å². The summed E-state index contributed by atoms with van der Waals surface area (Å²) in [4.78, 5) is 33.9. The van der Waals surface area contributed by atoms with E-state index >= 15 is 0 Å². The molecule has 22 heavy (non-hydrogen) atoms. The molecular formula is C13H10ClN3O5. The Balaban J connectivity index is 2.12. The van der Waals surface area contributed by atoms with E-state index in [1.165, 1.54) is 24.5 Å². The number of amides is 2. The molecule has 1 heterocycles. The van der Waals surface area contributed by atoms with Crippen molar-refractivity contribution in [3.8, 4) is 0 Å². The van der Waals surface area contributed by atoms with Crippen molar-refractivity contribution in [1.29, 1.82) is 0 Å². The maximum atomic E-state index is 11.9. The Bertz CT molecular complexity index is 756. The van der Waals surface area contributed by atoms with Gasteiger partial charge in [0.15, 0.2) is 0 Å². The predicted octanol–water partition coefficient (Wildman–Crippen LogP) is 2.22. The number of hydrogen-bond donors (Lipinski definition) is 2. The normalized spacial score (nSPS) is 10.1. The molecule has 1 aromatic heterocycles. The van der Waals surface area contributed by atoms with Crippen molar-refractivity contribution < 1.29 is 18.9 Å². The van der Waals surface area contributed by atoms with E-state index in [4.69, 9.17) is 16.0 Å². The molecule has 0 radical (unpaired) electrons. The van der Waals surface area contributed by atoms with E-state index in [2.05, 4.69) is 10.9 Å². The molecule has 2 rings (SSSR count). The first kappa shape index (κ1) is 15.5. The summed E-state index contributed by atoms with van der Waals surface area (Å²) in [5.41, 5.74) is 3.81. The highest BCUT2D eigenvalue weighted by molar-refractivity contribution is 6.31. The molecule has 1 aromatic carbocycles. The van der Waals surface area contributed by atoms with Crippen LogP contribution in [-0.2, 0) is 0 Å². The number of carbonyl (C=O) groups is 2. The lowest BCUT2D eigenvalue weighted by molar-refractivity contribution is -0.385. The van der Waals surface area contributed by atoms with E-state index < -0.39 is 22.4 Å². The van der Waals surface area contributed by atoms with Crippen molar-refractivity contribution >= 4 is 29.1 Å². The van der Waals surface area contributed by atoms with Gasteiger partial charge in [-0.15, -0.1) is 0 Å². The summed E-state index contributed by atoms with van der Waals surface area (Å²) in [6, 6.07) is 5.02. The van der Waals surface area contributed by atoms with Gasteiger partial charge >= 0.3 is 0 Å². The van der Waals surface area contributed by atoms with Crippen LogP contribution in [0.1, 0.15) is 26.5 Å². The molecule has 2 N–H and O–H groups in total. The summed E-state index contributed by atoms with van der Waals surface area (Å²) in [5.74, 6) is -1.06. The molecule has 114 valence electrons. The van der Waals surface area contributed by atoms with Crippen molar-refractivity contribution in [3.05, 3.63) is 62.6 Å². The molecule has 9 heteroatoms. The number of benzene rings is 1. The van der Waals surface area contributed by atoms with Crippen LogP contribution in [0.5, 0.6) is 0 Å². The van der Waals surface area contributed by atoms with E-state index in [0.29, 0.717) is 5.76 Å². The fraction of sp³-hybridized carbons (Fsp3) is 0.0769. The number of hydrazine groups is 1. The molecule has 0 fully saturated rings. The minimum Gasteiger partial charge on any atom is -0.469 e. The Hall–Kier alpha value is -2.87. The second-order valence-electron chi connectivity index (χ2n) is 4.22. The van der Waals surface area contributed by atoms with E-state index in [1.807, 2.05) is 0 Å². The average molecular weight is 324 g/mol. The number of hydrogen-bond acceptors (Lipinski definition) is 5. The number of furan rings is 1. The second kappa shape index (κ2) is 6.27. The third-order valence-electron chi connectivity index (χ3n) is 2.79. The van der Waals surface area contributed by atoms with Crippen LogP contribution >= 0.6 is 11.6 Å². The summed E-state index contributed by atoms with van der Waals surface area (Å²) in [6.07, 6.45) is 1.33. The molecule has 8 nitrogen and oxygen atoms in total. The molecule has 0 aliphatic carbocycles. The number of nitrogens with zero attached hydrogens (tertiary/aromatic N) is 1. The van der Waals surface area contributed by atoms with E-state index in [-0.39, 0.29) is 16.1 Å². The molecule has 0 atom stereocenters. The Morgan fingerprint density at radius 1 is 1.18 bits per heavy atom. The lowest BCUT2D eigenvalue weighted by Crippen LogP contribution is -2.41. The third-order valence-corrected chi connectivity index (χ3v) is 3.03. The average Bonchev–Trinajstić information content (AvgIpc) is 2.90. The Morgan fingerprint density at radius 3 is 2.36 bits per heavy atom. The van der Waals surface area contributed by atoms with Gasteiger partial charge in [0.05, 0.1) is 16.7 Å². The van der Waals surface area contributed by atoms with Crippen molar-refractivity contribution in [3.63, 3.8) is 0 Å². The van der Waals surface area contributed by atoms with Crippen molar-refractivity contribution in [1.82, 2.24) is 10.9 Å². The zero-order valence-electron chi connectivity index (χ0n) is 11.3. The zero-order chi connectivity index (χ0) is 16.3. The third kappa shape index (κ3) is 3.23. The summed E-state index contributed by atoms with van der Waals surface area (Å²) in [5, 5.41) is 11.0. The first-order chi connectivity index (χ1) is 10.4. The standard InChI is InChI=1S/C13H10ClN3O5/c1-7-9(4-5-22-7)12(18)15-16-13(19)10-3-2-8(14)6-11(10)17(20)21/h2-6H,1H3,(H,15,18)(H,16,19). The fourth-order valence-electron chi connectivity index (χ4n) is 1.72. The van der Waals surface area contributed by atoms with Crippen molar-refractivity contribution in [2.24, 2.45) is 0 Å². The molecule has 0 aliphatic rings. The summed E-state index contributed by atoms with van der Waals surface area (Å²) in [7, 11) is 0. The number of nitro groups is 1. The van der Waals surface area contributed by atoms with Crippen molar-refractivity contribution in [2.75, 3.05) is 0 Å². The van der Waals surface area contributed by atoms with Crippen LogP contribution in [0.15, 0.2) is 34.9 Å². The van der Waals surface area contributed by atoms with Gasteiger partial charge in [-0.3, -0.25) is 30.6 Å². The number of aryl methyl sites for hydroxylation is 1. The molecule has 0 bridgehead atoms. The number of nitrogens with one attached hydrogen (secondary N) is 2. The highest BCUT2D eigenvalue weighted by Crippen LogP contribution is 2.22. The highest BCUT2D eigenvalue weighted by Gasteiger charge is 2.21. The van der Waals surface area contributed by atoms with E-state index in [9.17, 15) is 19.7 Å². The lowest BCUT2D eigenvalue weighted by Gasteiger charge is -2.07. The van der Waals surface area contributed by atoms with Crippen LogP contribution in [0.3, 0.4) is 0 Å². The second-order valence-corrected chi connectivity index (χ2v) is 4.65. The summed E-state index contributed by atoms with van der Waals surface area (Å²) >= 11 is 5.66. The van der Waals surface area contributed by atoms with Crippen LogP contribution in [-0.4, -0.2) is 16.7 Å². The molecule has 2 amide bonds. The fourth-order valence-corrected chi connectivity index (χ4v) is 1.88. The molecule has 2 aromatic rings. The number of rotatable bonds is 3. The van der Waals surface area contributed by atoms with Crippen LogP contribution in [0.4, 0.5) is 5.69 Å². The summed E-state index contributed by atoms with van der Waals surface area (Å²) in [6.45, 7) is 1.58. The molecule has 0 aliphatic heterocycles. The van der Waals surface area contributed by atoms with Crippen molar-refractivity contribution in [2.45, 2.75) is 6.92 Å². The Morgan fingerprint density at radius 2 is 1.82 bits per heavy atom. The Kier molecular flexibility index (Phi) is 4.42. The van der Waals surface area contributed by atoms with Gasteiger partial charge in [0.25, 0.3) is 17.5 Å². The first-order valence-corrected chi connectivity index (χ1v) is 6.36. The largest absolute Gasteiger partial charge is 0.469 e. The molecule has 0 saturated carbocycles. The van der Waals surface area contributed by atoms with Gasteiger partial charge in [0.2, 0.25) is 0 Å².